The molecule has 0 aromatic carbocycles. The van der Waals surface area contributed by atoms with Crippen LogP contribution in [0, 0.1) is 18.3 Å². The normalized spacial score (nSPS) is 10.3. The lowest BCUT2D eigenvalue weighted by Crippen LogP contribution is -2.01. The van der Waals surface area contributed by atoms with Crippen molar-refractivity contribution in [2.45, 2.75) is 19.2 Å². The number of nitriles is 1. The molecule has 0 aliphatic heterocycles. The maximum atomic E-state index is 12.5. The second kappa shape index (κ2) is 4.34. The van der Waals surface area contributed by atoms with Gasteiger partial charge in [0.25, 0.3) is 6.43 Å². The van der Waals surface area contributed by atoms with Gasteiger partial charge in [-0.05, 0) is 13.0 Å². The Kier molecular flexibility index (Phi) is 3.37. The molecule has 0 aliphatic rings. The van der Waals surface area contributed by atoms with E-state index in [0.29, 0.717) is 5.69 Å². The van der Waals surface area contributed by atoms with Crippen LogP contribution in [0.5, 0.6) is 0 Å². The average molecular weight is 217 g/mol. The standard InChI is InChI=1S/C9H7ClF2N2/c1-5-2-6(9(11)12)7(3-10)8(4-13)14-5/h2,9H,3H2,1H3. The highest BCUT2D eigenvalue weighted by Crippen LogP contribution is 2.26. The van der Waals surface area contributed by atoms with Crippen LogP contribution in [0.1, 0.15) is 28.9 Å². The van der Waals surface area contributed by atoms with Crippen LogP contribution in [0.15, 0.2) is 6.07 Å². The van der Waals surface area contributed by atoms with Crippen molar-refractivity contribution in [3.05, 3.63) is 28.6 Å². The van der Waals surface area contributed by atoms with Gasteiger partial charge in [-0.25, -0.2) is 13.8 Å². The Labute approximate surface area is 85.1 Å². The van der Waals surface area contributed by atoms with Crippen molar-refractivity contribution < 1.29 is 8.78 Å². The third-order valence-corrected chi connectivity index (χ3v) is 2.03. The number of nitrogens with zero attached hydrogens (tertiary/aromatic N) is 2. The fourth-order valence-electron chi connectivity index (χ4n) is 1.15. The molecule has 0 unspecified atom stereocenters. The van der Waals surface area contributed by atoms with Crippen LogP contribution in [0.4, 0.5) is 8.78 Å². The van der Waals surface area contributed by atoms with E-state index in [9.17, 15) is 8.78 Å². The van der Waals surface area contributed by atoms with E-state index in [1.54, 1.807) is 13.0 Å². The van der Waals surface area contributed by atoms with Gasteiger partial charge in [0, 0.05) is 16.8 Å². The van der Waals surface area contributed by atoms with Crippen LogP contribution < -0.4 is 0 Å². The van der Waals surface area contributed by atoms with Crippen LogP contribution in [0.2, 0.25) is 0 Å². The Morgan fingerprint density at radius 2 is 2.29 bits per heavy atom. The van der Waals surface area contributed by atoms with Crippen LogP contribution in [-0.2, 0) is 5.88 Å². The van der Waals surface area contributed by atoms with Crippen molar-refractivity contribution >= 4 is 11.6 Å². The predicted octanol–water partition coefficient (Wildman–Crippen LogP) is 2.94. The summed E-state index contributed by atoms with van der Waals surface area (Å²) < 4.78 is 25.0. The Bertz CT molecular complexity index is 385. The first-order valence-electron chi connectivity index (χ1n) is 3.84. The minimum atomic E-state index is -2.63. The van der Waals surface area contributed by atoms with Crippen LogP contribution in [-0.4, -0.2) is 4.98 Å². The fraction of sp³-hybridized carbons (Fsp3) is 0.333. The molecule has 0 spiro atoms. The molecule has 0 atom stereocenters. The average Bonchev–Trinajstić information content (AvgIpc) is 2.16. The minimum Gasteiger partial charge on any atom is -0.242 e. The molecule has 0 aliphatic carbocycles. The molecule has 74 valence electrons. The van der Waals surface area contributed by atoms with E-state index in [1.165, 1.54) is 6.07 Å². The van der Waals surface area contributed by atoms with Gasteiger partial charge in [-0.15, -0.1) is 11.6 Å². The number of hydrogen-bond donors (Lipinski definition) is 0. The van der Waals surface area contributed by atoms with E-state index in [1.807, 2.05) is 0 Å². The summed E-state index contributed by atoms with van der Waals surface area (Å²) in [7, 11) is 0. The molecule has 14 heavy (non-hydrogen) atoms. The van der Waals surface area contributed by atoms with Crippen molar-refractivity contribution in [3.8, 4) is 6.07 Å². The summed E-state index contributed by atoms with van der Waals surface area (Å²) in [6.07, 6.45) is -2.63. The number of aryl methyl sites for hydroxylation is 1. The Morgan fingerprint density at radius 1 is 1.64 bits per heavy atom. The summed E-state index contributed by atoms with van der Waals surface area (Å²) in [6, 6.07) is 3.01. The number of halogens is 3. The lowest BCUT2D eigenvalue weighted by molar-refractivity contribution is 0.150. The molecule has 0 saturated heterocycles. The van der Waals surface area contributed by atoms with Gasteiger partial charge in [0.2, 0.25) is 0 Å². The molecule has 0 radical (unpaired) electrons. The van der Waals surface area contributed by atoms with E-state index in [2.05, 4.69) is 4.98 Å². The number of alkyl halides is 3. The Morgan fingerprint density at radius 3 is 2.71 bits per heavy atom. The summed E-state index contributed by atoms with van der Waals surface area (Å²) in [5.74, 6) is -0.129. The highest BCUT2D eigenvalue weighted by atomic mass is 35.5. The van der Waals surface area contributed by atoms with E-state index >= 15 is 0 Å². The molecular formula is C9H7ClF2N2. The van der Waals surface area contributed by atoms with Gasteiger partial charge in [-0.3, -0.25) is 0 Å². The molecule has 0 bridgehead atoms. The largest absolute Gasteiger partial charge is 0.264 e. The van der Waals surface area contributed by atoms with Crippen LogP contribution in [0.3, 0.4) is 0 Å². The topological polar surface area (TPSA) is 36.7 Å². The maximum absolute atomic E-state index is 12.5. The van der Waals surface area contributed by atoms with Gasteiger partial charge in [0.1, 0.15) is 11.8 Å². The van der Waals surface area contributed by atoms with E-state index in [0.717, 1.165) is 0 Å². The Balaban J connectivity index is 3.41. The van der Waals surface area contributed by atoms with Gasteiger partial charge in [0.15, 0.2) is 0 Å². The van der Waals surface area contributed by atoms with Crippen molar-refractivity contribution in [2.24, 2.45) is 0 Å². The molecule has 1 aromatic heterocycles. The SMILES string of the molecule is Cc1cc(C(F)F)c(CCl)c(C#N)n1. The van der Waals surface area contributed by atoms with Crippen LogP contribution in [0.25, 0.3) is 0 Å². The molecule has 1 rings (SSSR count). The maximum Gasteiger partial charge on any atom is 0.264 e. The molecule has 0 fully saturated rings. The summed E-state index contributed by atoms with van der Waals surface area (Å²) in [4.78, 5) is 3.83. The van der Waals surface area contributed by atoms with Gasteiger partial charge < -0.3 is 0 Å². The summed E-state index contributed by atoms with van der Waals surface area (Å²) in [5.41, 5.74) is 0.292. The first-order chi connectivity index (χ1) is 6.60. The molecule has 0 N–H and O–H groups in total. The fourth-order valence-corrected chi connectivity index (χ4v) is 1.43. The first kappa shape index (κ1) is 10.9. The second-order valence-corrected chi connectivity index (χ2v) is 2.99. The van der Waals surface area contributed by atoms with E-state index in [4.69, 9.17) is 16.9 Å². The zero-order chi connectivity index (χ0) is 10.7. The van der Waals surface area contributed by atoms with Gasteiger partial charge >= 0.3 is 0 Å². The van der Waals surface area contributed by atoms with Crippen LogP contribution >= 0.6 is 11.6 Å². The molecule has 0 saturated carbocycles. The molecular weight excluding hydrogens is 210 g/mol. The van der Waals surface area contributed by atoms with Crippen molar-refractivity contribution in [1.82, 2.24) is 4.98 Å². The second-order valence-electron chi connectivity index (χ2n) is 2.73. The van der Waals surface area contributed by atoms with Crippen molar-refractivity contribution in [2.75, 3.05) is 0 Å². The number of pyridine rings is 1. The smallest absolute Gasteiger partial charge is 0.242 e. The molecule has 1 heterocycles. The van der Waals surface area contributed by atoms with Crippen molar-refractivity contribution in [1.29, 1.82) is 5.26 Å². The zero-order valence-corrected chi connectivity index (χ0v) is 8.15. The monoisotopic (exact) mass is 216 g/mol. The first-order valence-corrected chi connectivity index (χ1v) is 4.38. The van der Waals surface area contributed by atoms with Gasteiger partial charge in [0.05, 0.1) is 5.88 Å². The number of rotatable bonds is 2. The summed E-state index contributed by atoms with van der Waals surface area (Å²) >= 11 is 5.49. The highest BCUT2D eigenvalue weighted by molar-refractivity contribution is 6.17. The van der Waals surface area contributed by atoms with Gasteiger partial charge in [-0.2, -0.15) is 5.26 Å². The van der Waals surface area contributed by atoms with Gasteiger partial charge in [-0.1, -0.05) is 0 Å². The predicted molar refractivity (Wildman–Crippen MR) is 48.2 cm³/mol. The quantitative estimate of drug-likeness (QED) is 0.713. The molecule has 5 heteroatoms. The highest BCUT2D eigenvalue weighted by Gasteiger charge is 2.17. The summed E-state index contributed by atoms with van der Waals surface area (Å²) in [6.45, 7) is 1.56. The number of hydrogen-bond acceptors (Lipinski definition) is 2. The third kappa shape index (κ3) is 1.99. The Hall–Kier alpha value is -1.21. The third-order valence-electron chi connectivity index (χ3n) is 1.76. The summed E-state index contributed by atoms with van der Waals surface area (Å²) in [5, 5.41) is 8.66. The molecule has 1 aromatic rings. The number of aromatic nitrogens is 1. The molecule has 0 amide bonds. The van der Waals surface area contributed by atoms with E-state index < -0.39 is 6.43 Å². The van der Waals surface area contributed by atoms with Crippen molar-refractivity contribution in [3.63, 3.8) is 0 Å². The lowest BCUT2D eigenvalue weighted by Gasteiger charge is -2.08. The van der Waals surface area contributed by atoms with E-state index in [-0.39, 0.29) is 22.7 Å². The zero-order valence-electron chi connectivity index (χ0n) is 7.39. The minimum absolute atomic E-state index is 0.0182. The molecule has 2 nitrogen and oxygen atoms in total. The lowest BCUT2D eigenvalue weighted by atomic mass is 10.1.